The van der Waals surface area contributed by atoms with E-state index in [-0.39, 0.29) is 0 Å². The van der Waals surface area contributed by atoms with Crippen LogP contribution in [0.25, 0.3) is 17.0 Å². The summed E-state index contributed by atoms with van der Waals surface area (Å²) in [6.45, 7) is 0. The number of hydrogen-bond donors (Lipinski definition) is 0. The first-order valence-electron chi connectivity index (χ1n) is 6.69. The van der Waals surface area contributed by atoms with Gasteiger partial charge in [0.2, 0.25) is 0 Å². The van der Waals surface area contributed by atoms with Crippen LogP contribution in [0, 0.1) is 0 Å². The van der Waals surface area contributed by atoms with Gasteiger partial charge < -0.3 is 9.15 Å². The Kier molecular flexibility index (Phi) is 3.83. The number of esters is 1. The molecule has 0 atom stereocenters. The van der Waals surface area contributed by atoms with Gasteiger partial charge in [0.05, 0.1) is 0 Å². The second kappa shape index (κ2) is 6.10. The van der Waals surface area contributed by atoms with Gasteiger partial charge in [-0.2, -0.15) is 0 Å². The third-order valence-electron chi connectivity index (χ3n) is 3.02. The summed E-state index contributed by atoms with van der Waals surface area (Å²) in [7, 11) is 0. The normalized spacial score (nSPS) is 10.9. The van der Waals surface area contributed by atoms with Crippen molar-refractivity contribution in [2.45, 2.75) is 0 Å². The molecule has 3 rings (SSSR count). The molecule has 1 aromatic heterocycles. The van der Waals surface area contributed by atoms with Crippen LogP contribution >= 0.6 is 0 Å². The molecule has 2 aromatic carbocycles. The van der Waals surface area contributed by atoms with Crippen molar-refractivity contribution in [1.29, 1.82) is 0 Å². The zero-order chi connectivity index (χ0) is 15.4. The summed E-state index contributed by atoms with van der Waals surface area (Å²) >= 11 is 0. The summed E-state index contributed by atoms with van der Waals surface area (Å²) in [5.74, 6) is -0.0790. The lowest BCUT2D eigenvalue weighted by Gasteiger charge is -2.02. The molecule has 0 saturated heterocycles. The van der Waals surface area contributed by atoms with Gasteiger partial charge in [0.1, 0.15) is 11.3 Å². The average Bonchev–Trinajstić information content (AvgIpc) is 2.54. The van der Waals surface area contributed by atoms with Crippen LogP contribution in [-0.2, 0) is 4.79 Å². The lowest BCUT2D eigenvalue weighted by Crippen LogP contribution is -2.03. The molecular weight excluding hydrogens is 280 g/mol. The number of rotatable bonds is 3. The van der Waals surface area contributed by atoms with E-state index in [4.69, 9.17) is 9.15 Å². The SMILES string of the molecule is O=C(C=Cc1ccccc1)Oc1ccc2oc(=O)ccc2c1. The van der Waals surface area contributed by atoms with E-state index in [2.05, 4.69) is 0 Å². The Balaban J connectivity index is 1.75. The second-order valence-corrected chi connectivity index (χ2v) is 4.62. The van der Waals surface area contributed by atoms with E-state index in [9.17, 15) is 9.59 Å². The molecule has 1 heterocycles. The third-order valence-corrected chi connectivity index (χ3v) is 3.02. The fraction of sp³-hybridized carbons (Fsp3) is 0. The average molecular weight is 292 g/mol. The Morgan fingerprint density at radius 1 is 1.00 bits per heavy atom. The maximum Gasteiger partial charge on any atom is 0.336 e. The van der Waals surface area contributed by atoms with Gasteiger partial charge in [0.15, 0.2) is 0 Å². The van der Waals surface area contributed by atoms with Crippen molar-refractivity contribution in [1.82, 2.24) is 0 Å². The highest BCUT2D eigenvalue weighted by Gasteiger charge is 2.03. The molecule has 0 amide bonds. The molecule has 0 aliphatic heterocycles. The Morgan fingerprint density at radius 3 is 2.64 bits per heavy atom. The van der Waals surface area contributed by atoms with Crippen molar-refractivity contribution in [3.8, 4) is 5.75 Å². The molecule has 0 fully saturated rings. The topological polar surface area (TPSA) is 56.5 Å². The molecule has 0 unspecified atom stereocenters. The van der Waals surface area contributed by atoms with Crippen LogP contribution in [0.3, 0.4) is 0 Å². The summed E-state index contributed by atoms with van der Waals surface area (Å²) in [5, 5.41) is 0.692. The molecule has 0 spiro atoms. The van der Waals surface area contributed by atoms with Gasteiger partial charge in [-0.1, -0.05) is 30.3 Å². The largest absolute Gasteiger partial charge is 0.423 e. The van der Waals surface area contributed by atoms with Crippen molar-refractivity contribution in [3.05, 3.63) is 82.7 Å². The van der Waals surface area contributed by atoms with Crippen LogP contribution in [0.15, 0.2) is 76.0 Å². The second-order valence-electron chi connectivity index (χ2n) is 4.62. The number of hydrogen-bond acceptors (Lipinski definition) is 4. The van der Waals surface area contributed by atoms with E-state index < -0.39 is 11.6 Å². The first-order valence-corrected chi connectivity index (χ1v) is 6.69. The van der Waals surface area contributed by atoms with E-state index in [1.807, 2.05) is 30.3 Å². The molecule has 4 heteroatoms. The number of fused-ring (bicyclic) bond motifs is 1. The Morgan fingerprint density at radius 2 is 1.82 bits per heavy atom. The van der Waals surface area contributed by atoms with Gasteiger partial charge in [0.25, 0.3) is 0 Å². The predicted molar refractivity (Wildman–Crippen MR) is 83.6 cm³/mol. The minimum atomic E-state index is -0.472. The standard InChI is InChI=1S/C18H12O4/c19-17(10-6-13-4-2-1-3-5-13)21-15-8-9-16-14(12-15)7-11-18(20)22-16/h1-12H. The molecule has 0 aliphatic carbocycles. The van der Waals surface area contributed by atoms with Gasteiger partial charge >= 0.3 is 11.6 Å². The Labute approximate surface area is 126 Å². The fourth-order valence-electron chi connectivity index (χ4n) is 1.99. The first-order chi connectivity index (χ1) is 10.7. The smallest absolute Gasteiger partial charge is 0.336 e. The molecule has 3 aromatic rings. The van der Waals surface area contributed by atoms with Crippen molar-refractivity contribution in [3.63, 3.8) is 0 Å². The van der Waals surface area contributed by atoms with E-state index >= 15 is 0 Å². The maximum atomic E-state index is 11.8. The summed E-state index contributed by atoms with van der Waals surface area (Å²) < 4.78 is 10.2. The van der Waals surface area contributed by atoms with Gasteiger partial charge in [-0.25, -0.2) is 9.59 Å². The van der Waals surface area contributed by atoms with Gasteiger partial charge in [-0.15, -0.1) is 0 Å². The van der Waals surface area contributed by atoms with Crippen LogP contribution in [0.2, 0.25) is 0 Å². The van der Waals surface area contributed by atoms with E-state index in [1.165, 1.54) is 12.1 Å². The highest BCUT2D eigenvalue weighted by Crippen LogP contribution is 2.19. The molecule has 0 radical (unpaired) electrons. The highest BCUT2D eigenvalue weighted by atomic mass is 16.5. The lowest BCUT2D eigenvalue weighted by molar-refractivity contribution is -0.128. The van der Waals surface area contributed by atoms with Crippen LogP contribution in [0.4, 0.5) is 0 Å². The lowest BCUT2D eigenvalue weighted by atomic mass is 10.2. The molecule has 0 N–H and O–H groups in total. The highest BCUT2D eigenvalue weighted by molar-refractivity contribution is 5.89. The fourth-order valence-corrected chi connectivity index (χ4v) is 1.99. The Hall–Kier alpha value is -3.14. The van der Waals surface area contributed by atoms with Crippen LogP contribution in [-0.4, -0.2) is 5.97 Å². The predicted octanol–water partition coefficient (Wildman–Crippen LogP) is 3.41. The maximum absolute atomic E-state index is 11.8. The third kappa shape index (κ3) is 3.30. The van der Waals surface area contributed by atoms with Crippen LogP contribution in [0.1, 0.15) is 5.56 Å². The van der Waals surface area contributed by atoms with Gasteiger partial charge in [-0.3, -0.25) is 0 Å². The first kappa shape index (κ1) is 13.8. The number of benzene rings is 2. The minimum Gasteiger partial charge on any atom is -0.423 e. The Bertz CT molecular complexity index is 892. The van der Waals surface area contributed by atoms with Crippen LogP contribution < -0.4 is 10.4 Å². The number of carbonyl (C=O) groups excluding carboxylic acids is 1. The van der Waals surface area contributed by atoms with Crippen molar-refractivity contribution < 1.29 is 13.9 Å². The molecule has 0 saturated carbocycles. The zero-order valence-electron chi connectivity index (χ0n) is 11.6. The number of ether oxygens (including phenoxy) is 1. The molecule has 0 aliphatic rings. The molecule has 108 valence electrons. The van der Waals surface area contributed by atoms with E-state index in [0.717, 1.165) is 5.56 Å². The summed E-state index contributed by atoms with van der Waals surface area (Å²) in [6, 6.07) is 17.2. The molecule has 22 heavy (non-hydrogen) atoms. The van der Waals surface area contributed by atoms with E-state index in [0.29, 0.717) is 16.7 Å². The summed E-state index contributed by atoms with van der Waals surface area (Å²) in [4.78, 5) is 22.9. The summed E-state index contributed by atoms with van der Waals surface area (Å²) in [5.41, 5.74) is 0.954. The zero-order valence-corrected chi connectivity index (χ0v) is 11.6. The van der Waals surface area contributed by atoms with Gasteiger partial charge in [-0.05, 0) is 35.9 Å². The molecular formula is C18H12O4. The van der Waals surface area contributed by atoms with E-state index in [1.54, 1.807) is 30.3 Å². The monoisotopic (exact) mass is 292 g/mol. The van der Waals surface area contributed by atoms with Crippen molar-refractivity contribution in [2.75, 3.05) is 0 Å². The molecule has 0 bridgehead atoms. The van der Waals surface area contributed by atoms with Crippen molar-refractivity contribution in [2.24, 2.45) is 0 Å². The quantitative estimate of drug-likeness (QED) is 0.321. The van der Waals surface area contributed by atoms with Gasteiger partial charge in [0, 0.05) is 17.5 Å². The van der Waals surface area contributed by atoms with Crippen LogP contribution in [0.5, 0.6) is 5.75 Å². The summed E-state index contributed by atoms with van der Waals surface area (Å²) in [6.07, 6.45) is 3.05. The van der Waals surface area contributed by atoms with Crippen molar-refractivity contribution >= 4 is 23.0 Å². The number of carbonyl (C=O) groups is 1. The minimum absolute atomic E-state index is 0.393. The molecule has 4 nitrogen and oxygen atoms in total.